The Morgan fingerprint density at radius 1 is 1.05 bits per heavy atom. The number of halogens is 6. The van der Waals surface area contributed by atoms with Gasteiger partial charge in [0.2, 0.25) is 5.91 Å². The van der Waals surface area contributed by atoms with Crippen LogP contribution < -0.4 is 5.32 Å². The molecule has 0 unspecified atom stereocenters. The number of aromatic nitrogens is 1. The molecule has 16 heteroatoms. The van der Waals surface area contributed by atoms with Crippen LogP contribution >= 0.6 is 0 Å². The number of likely N-dealkylation sites (tertiary alicyclic amines) is 1. The number of carbonyl (C=O) groups is 3. The monoisotopic (exact) mass is 547 g/mol. The van der Waals surface area contributed by atoms with Crippen LogP contribution in [0.25, 0.3) is 0 Å². The Labute approximate surface area is 207 Å². The molecule has 3 N–H and O–H groups in total. The van der Waals surface area contributed by atoms with E-state index in [0.29, 0.717) is 19.2 Å². The van der Waals surface area contributed by atoms with Gasteiger partial charge in [0.25, 0.3) is 0 Å². The Kier molecular flexibility index (Phi) is 12.7. The summed E-state index contributed by atoms with van der Waals surface area (Å²) < 4.78 is 74.5. The molecule has 37 heavy (non-hydrogen) atoms. The van der Waals surface area contributed by atoms with E-state index < -0.39 is 24.3 Å². The molecule has 1 aromatic heterocycles. The lowest BCUT2D eigenvalue weighted by Gasteiger charge is -2.35. The number of fused-ring (bicyclic) bond motifs is 1. The van der Waals surface area contributed by atoms with Crippen molar-refractivity contribution in [3.8, 4) is 0 Å². The topological polar surface area (TPSA) is 138 Å². The average molecular weight is 547 g/mol. The maximum Gasteiger partial charge on any atom is 0.490 e. The number of pyridine rings is 1. The number of carboxylic acids is 2. The quantitative estimate of drug-likeness (QED) is 0.362. The predicted octanol–water partition coefficient (Wildman–Crippen LogP) is 2.23. The smallest absolute Gasteiger partial charge is 0.475 e. The van der Waals surface area contributed by atoms with Crippen molar-refractivity contribution in [2.45, 2.75) is 56.4 Å². The van der Waals surface area contributed by atoms with Crippen LogP contribution in [0.15, 0.2) is 24.5 Å². The maximum atomic E-state index is 12.1. The van der Waals surface area contributed by atoms with Crippen LogP contribution in [-0.4, -0.2) is 95.4 Å². The molecule has 0 saturated carbocycles. The van der Waals surface area contributed by atoms with Crippen LogP contribution in [0, 0.1) is 0 Å². The summed E-state index contributed by atoms with van der Waals surface area (Å²) in [6, 6.07) is 4.54. The van der Waals surface area contributed by atoms with Gasteiger partial charge in [-0.1, -0.05) is 0 Å². The third-order valence-electron chi connectivity index (χ3n) is 5.18. The number of nitrogens with zero attached hydrogens (tertiary/aromatic N) is 2. The van der Waals surface area contributed by atoms with Crippen LogP contribution in [-0.2, 0) is 30.4 Å². The zero-order chi connectivity index (χ0) is 28.2. The molecule has 0 aromatic carbocycles. The van der Waals surface area contributed by atoms with E-state index in [0.717, 1.165) is 32.4 Å². The minimum absolute atomic E-state index is 0.00640. The predicted molar refractivity (Wildman–Crippen MR) is 113 cm³/mol. The summed E-state index contributed by atoms with van der Waals surface area (Å²) in [6.45, 7) is 3.02. The lowest BCUT2D eigenvalue weighted by Crippen LogP contribution is -2.48. The minimum atomic E-state index is -5.08. The van der Waals surface area contributed by atoms with Crippen molar-refractivity contribution in [3.63, 3.8) is 0 Å². The van der Waals surface area contributed by atoms with Gasteiger partial charge in [-0.2, -0.15) is 26.3 Å². The first-order valence-electron chi connectivity index (χ1n) is 10.8. The number of ether oxygens (including phenoxy) is 2. The van der Waals surface area contributed by atoms with E-state index in [9.17, 15) is 31.1 Å². The number of hydrogen-bond donors (Lipinski definition) is 3. The van der Waals surface area contributed by atoms with Crippen LogP contribution in [0.4, 0.5) is 26.3 Å². The lowest BCUT2D eigenvalue weighted by molar-refractivity contribution is -0.193. The Balaban J connectivity index is 0.000000404. The second kappa shape index (κ2) is 14.7. The number of aliphatic carboxylic acids is 2. The van der Waals surface area contributed by atoms with Crippen LogP contribution in [0.3, 0.4) is 0 Å². The van der Waals surface area contributed by atoms with Crippen molar-refractivity contribution < 1.29 is 60.4 Å². The highest BCUT2D eigenvalue weighted by molar-refractivity contribution is 5.80. The van der Waals surface area contributed by atoms with Crippen molar-refractivity contribution in [1.82, 2.24) is 15.2 Å². The molecule has 0 aliphatic carbocycles. The van der Waals surface area contributed by atoms with Crippen LogP contribution in [0.1, 0.15) is 24.8 Å². The molecule has 2 aliphatic rings. The molecule has 3 atom stereocenters. The fraction of sp³-hybridized carbons (Fsp3) is 0.619. The Bertz CT molecular complexity index is 846. The van der Waals surface area contributed by atoms with Gasteiger partial charge in [0.05, 0.1) is 12.7 Å². The number of rotatable bonds is 6. The summed E-state index contributed by atoms with van der Waals surface area (Å²) in [5, 5.41) is 17.1. The van der Waals surface area contributed by atoms with Crippen molar-refractivity contribution in [3.05, 3.63) is 30.1 Å². The highest BCUT2D eigenvalue weighted by atomic mass is 19.4. The maximum absolute atomic E-state index is 12.1. The molecule has 0 spiro atoms. The number of nitrogens with one attached hydrogen (secondary N) is 1. The van der Waals surface area contributed by atoms with E-state index >= 15 is 0 Å². The first-order valence-corrected chi connectivity index (χ1v) is 10.8. The molecule has 0 radical (unpaired) electrons. The van der Waals surface area contributed by atoms with Crippen molar-refractivity contribution in [2.75, 3.05) is 26.8 Å². The number of methoxy groups -OCH3 is 1. The zero-order valence-corrected chi connectivity index (χ0v) is 19.6. The standard InChI is InChI=1S/C17H25N3O3.2C2HF3O2/c1-22-11-9-19-17(21)16-3-2-14-15(23-16)6-10-20(14)12-13-4-7-18-8-5-13;2*3-2(4,5)1(6)7/h4-5,7-8,14-16H,2-3,6,9-12H2,1H3,(H,19,21);2*(H,6,7)/t14-,15-,16-;;/m1../s1. The van der Waals surface area contributed by atoms with Crippen LogP contribution in [0.2, 0.25) is 0 Å². The van der Waals surface area contributed by atoms with Gasteiger partial charge in [0.15, 0.2) is 0 Å². The molecule has 10 nitrogen and oxygen atoms in total. The van der Waals surface area contributed by atoms with E-state index in [1.807, 2.05) is 12.4 Å². The molecule has 1 aromatic rings. The van der Waals surface area contributed by atoms with Gasteiger partial charge in [0, 0.05) is 45.2 Å². The molecule has 210 valence electrons. The van der Waals surface area contributed by atoms with E-state index in [4.69, 9.17) is 29.3 Å². The largest absolute Gasteiger partial charge is 0.490 e. The summed E-state index contributed by atoms with van der Waals surface area (Å²) in [5.74, 6) is -5.52. The Morgan fingerprint density at radius 3 is 2.08 bits per heavy atom. The fourth-order valence-electron chi connectivity index (χ4n) is 3.52. The van der Waals surface area contributed by atoms with Gasteiger partial charge in [-0.15, -0.1) is 0 Å². The second-order valence-electron chi connectivity index (χ2n) is 7.81. The van der Waals surface area contributed by atoms with E-state index in [-0.39, 0.29) is 18.1 Å². The minimum Gasteiger partial charge on any atom is -0.475 e. The summed E-state index contributed by atoms with van der Waals surface area (Å²) in [5.41, 5.74) is 1.28. The number of amides is 1. The summed E-state index contributed by atoms with van der Waals surface area (Å²) >= 11 is 0. The van der Waals surface area contributed by atoms with E-state index in [2.05, 4.69) is 27.3 Å². The van der Waals surface area contributed by atoms with Crippen LogP contribution in [0.5, 0.6) is 0 Å². The highest BCUT2D eigenvalue weighted by Crippen LogP contribution is 2.32. The van der Waals surface area contributed by atoms with Gasteiger partial charge in [-0.05, 0) is 37.0 Å². The van der Waals surface area contributed by atoms with Crippen molar-refractivity contribution in [1.29, 1.82) is 0 Å². The molecule has 2 saturated heterocycles. The molecule has 1 amide bonds. The first-order chi connectivity index (χ1) is 17.2. The molecule has 0 bridgehead atoms. The number of carboxylic acid groups (broad SMARTS) is 2. The normalized spacial score (nSPS) is 21.4. The third-order valence-corrected chi connectivity index (χ3v) is 5.18. The summed E-state index contributed by atoms with van der Waals surface area (Å²) in [6.07, 6.45) is -3.85. The zero-order valence-electron chi connectivity index (χ0n) is 19.6. The molecule has 3 heterocycles. The lowest BCUT2D eigenvalue weighted by atomic mass is 9.98. The van der Waals surface area contributed by atoms with Crippen molar-refractivity contribution >= 4 is 17.8 Å². The highest BCUT2D eigenvalue weighted by Gasteiger charge is 2.41. The van der Waals surface area contributed by atoms with Gasteiger partial charge in [-0.25, -0.2) is 9.59 Å². The van der Waals surface area contributed by atoms with E-state index in [1.54, 1.807) is 7.11 Å². The Morgan fingerprint density at radius 2 is 1.59 bits per heavy atom. The molecule has 3 rings (SSSR count). The number of alkyl halides is 6. The van der Waals surface area contributed by atoms with Gasteiger partial charge in [0.1, 0.15) is 6.10 Å². The SMILES string of the molecule is COCCNC(=O)[C@H]1CC[C@@H]2[C@@H](CCN2Cc2ccncc2)O1.O=C(O)C(F)(F)F.O=C(O)C(F)(F)F. The van der Waals surface area contributed by atoms with Crippen molar-refractivity contribution in [2.24, 2.45) is 0 Å². The molecule has 2 aliphatic heterocycles. The van der Waals surface area contributed by atoms with Gasteiger partial charge >= 0.3 is 24.3 Å². The molecular weight excluding hydrogens is 520 g/mol. The summed E-state index contributed by atoms with van der Waals surface area (Å²) in [7, 11) is 1.63. The third kappa shape index (κ3) is 11.7. The average Bonchev–Trinajstić information content (AvgIpc) is 3.21. The molecular formula is C21H27F6N3O7. The number of carbonyl (C=O) groups excluding carboxylic acids is 1. The fourth-order valence-corrected chi connectivity index (χ4v) is 3.52. The summed E-state index contributed by atoms with van der Waals surface area (Å²) in [4.78, 5) is 36.4. The second-order valence-corrected chi connectivity index (χ2v) is 7.81. The van der Waals surface area contributed by atoms with Gasteiger partial charge < -0.3 is 25.0 Å². The Hall–Kier alpha value is -2.98. The van der Waals surface area contributed by atoms with E-state index in [1.165, 1.54) is 5.56 Å². The van der Waals surface area contributed by atoms with Gasteiger partial charge in [-0.3, -0.25) is 14.7 Å². The molecule has 2 fully saturated rings. The number of hydrogen-bond acceptors (Lipinski definition) is 7. The first kappa shape index (κ1) is 32.0.